The molecule has 1 heterocycles. The van der Waals surface area contributed by atoms with Crippen LogP contribution in [0.3, 0.4) is 0 Å². The Balaban J connectivity index is 2.08. The van der Waals surface area contributed by atoms with Gasteiger partial charge in [0.15, 0.2) is 11.5 Å². The maximum Gasteiger partial charge on any atom is 0.295 e. The molecule has 0 aliphatic carbocycles. The Hall–Kier alpha value is -3.39. The topological polar surface area (TPSA) is 79.3 Å². The van der Waals surface area contributed by atoms with Crippen molar-refractivity contribution in [3.8, 4) is 11.5 Å². The number of ether oxygens (including phenoxy) is 2. The maximum absolute atomic E-state index is 13.5. The summed E-state index contributed by atoms with van der Waals surface area (Å²) in [6, 6.07) is 9.56. The van der Waals surface area contributed by atoms with Crippen molar-refractivity contribution in [2.24, 2.45) is 0 Å². The second kappa shape index (κ2) is 11.8. The number of hydrogen-bond donors (Lipinski definition) is 1. The van der Waals surface area contributed by atoms with Gasteiger partial charge in [0.05, 0.1) is 25.3 Å². The van der Waals surface area contributed by atoms with E-state index in [-0.39, 0.29) is 16.9 Å². The number of benzene rings is 2. The van der Waals surface area contributed by atoms with Crippen molar-refractivity contribution >= 4 is 17.4 Å². The van der Waals surface area contributed by atoms with Crippen molar-refractivity contribution in [1.82, 2.24) is 9.80 Å². The molecule has 0 radical (unpaired) electrons. The van der Waals surface area contributed by atoms with Gasteiger partial charge >= 0.3 is 0 Å². The molecule has 0 saturated carbocycles. The predicted octanol–water partition coefficient (Wildman–Crippen LogP) is 4.39. The lowest BCUT2D eigenvalue weighted by Gasteiger charge is -2.27. The van der Waals surface area contributed by atoms with Gasteiger partial charge < -0.3 is 24.4 Å². The zero-order valence-corrected chi connectivity index (χ0v) is 20.7. The van der Waals surface area contributed by atoms with Crippen molar-refractivity contribution in [3.05, 3.63) is 65.0 Å². The van der Waals surface area contributed by atoms with E-state index in [0.29, 0.717) is 36.6 Å². The number of hydrogen-bond acceptors (Lipinski definition) is 6. The van der Waals surface area contributed by atoms with Crippen LogP contribution in [0.4, 0.5) is 4.39 Å². The zero-order chi connectivity index (χ0) is 25.5. The molecule has 2 aromatic rings. The lowest BCUT2D eigenvalue weighted by Crippen LogP contribution is -2.33. The van der Waals surface area contributed by atoms with Gasteiger partial charge in [-0.2, -0.15) is 0 Å². The van der Waals surface area contributed by atoms with E-state index in [4.69, 9.17) is 9.47 Å². The monoisotopic (exact) mass is 484 g/mol. The Labute approximate surface area is 205 Å². The van der Waals surface area contributed by atoms with Crippen LogP contribution in [0.5, 0.6) is 11.5 Å². The van der Waals surface area contributed by atoms with Crippen LogP contribution >= 0.6 is 0 Å². The number of likely N-dealkylation sites (tertiary alicyclic amines) is 1. The SMILES string of the molecule is CCOc1ccc(C2C(=C(O)c3ccc(F)cc3)C(=O)C(=O)N2CCCN(CC)CC)cc1OC. The quantitative estimate of drug-likeness (QED) is 0.290. The molecule has 1 N–H and O–H groups in total. The van der Waals surface area contributed by atoms with Crippen LogP contribution in [0.25, 0.3) is 5.76 Å². The average molecular weight is 485 g/mol. The largest absolute Gasteiger partial charge is 0.507 e. The van der Waals surface area contributed by atoms with Crippen LogP contribution < -0.4 is 9.47 Å². The number of carbonyl (C=O) groups is 2. The number of methoxy groups -OCH3 is 1. The smallest absolute Gasteiger partial charge is 0.295 e. The van der Waals surface area contributed by atoms with Gasteiger partial charge in [0.2, 0.25) is 0 Å². The first-order chi connectivity index (χ1) is 16.9. The van der Waals surface area contributed by atoms with Gasteiger partial charge in [-0.05, 0) is 74.9 Å². The molecule has 8 heteroatoms. The summed E-state index contributed by atoms with van der Waals surface area (Å²) in [5, 5.41) is 11.1. The molecule has 0 spiro atoms. The maximum atomic E-state index is 13.5. The third kappa shape index (κ3) is 5.65. The van der Waals surface area contributed by atoms with Crippen LogP contribution in [0.15, 0.2) is 48.0 Å². The minimum atomic E-state index is -0.818. The second-order valence-electron chi connectivity index (χ2n) is 8.22. The fourth-order valence-electron chi connectivity index (χ4n) is 4.35. The van der Waals surface area contributed by atoms with Crippen LogP contribution in [0.1, 0.15) is 44.4 Å². The highest BCUT2D eigenvalue weighted by Crippen LogP contribution is 2.42. The van der Waals surface area contributed by atoms with Crippen LogP contribution in [-0.4, -0.2) is 66.5 Å². The Morgan fingerprint density at radius 3 is 2.34 bits per heavy atom. The van der Waals surface area contributed by atoms with Gasteiger partial charge in [-0.3, -0.25) is 9.59 Å². The lowest BCUT2D eigenvalue weighted by molar-refractivity contribution is -0.140. The molecule has 1 atom stereocenters. The molecular formula is C27H33FN2O5. The molecule has 1 aliphatic rings. The average Bonchev–Trinajstić information content (AvgIpc) is 3.12. The summed E-state index contributed by atoms with van der Waals surface area (Å²) < 4.78 is 24.6. The lowest BCUT2D eigenvalue weighted by atomic mass is 9.95. The molecule has 0 bridgehead atoms. The third-order valence-electron chi connectivity index (χ3n) is 6.23. The molecule has 3 rings (SSSR count). The van der Waals surface area contributed by atoms with E-state index >= 15 is 0 Å². The number of aliphatic hydroxyl groups is 1. The van der Waals surface area contributed by atoms with Crippen molar-refractivity contribution in [2.45, 2.75) is 33.2 Å². The van der Waals surface area contributed by atoms with E-state index in [1.165, 1.54) is 36.3 Å². The number of aliphatic hydroxyl groups excluding tert-OH is 1. The normalized spacial score (nSPS) is 17.3. The fraction of sp³-hybridized carbons (Fsp3) is 0.407. The molecule has 1 fully saturated rings. The summed E-state index contributed by atoms with van der Waals surface area (Å²) in [6.07, 6.45) is 0.663. The summed E-state index contributed by atoms with van der Waals surface area (Å²) >= 11 is 0. The summed E-state index contributed by atoms with van der Waals surface area (Å²) in [5.74, 6) is -1.26. The van der Waals surface area contributed by atoms with E-state index in [1.54, 1.807) is 18.2 Å². The second-order valence-corrected chi connectivity index (χ2v) is 8.22. The highest BCUT2D eigenvalue weighted by atomic mass is 19.1. The standard InChI is InChI=1S/C27H33FN2O5/c1-5-29(6-2)15-8-16-30-24(19-11-14-21(35-7-3)22(17-19)34-4)23(26(32)27(30)33)25(31)18-9-12-20(28)13-10-18/h9-14,17,24,31H,5-8,15-16H2,1-4H3. The van der Waals surface area contributed by atoms with Gasteiger partial charge in [-0.25, -0.2) is 4.39 Å². The number of carbonyl (C=O) groups excluding carboxylic acids is 2. The van der Waals surface area contributed by atoms with Crippen molar-refractivity contribution in [1.29, 1.82) is 0 Å². The fourth-order valence-corrected chi connectivity index (χ4v) is 4.35. The first-order valence-electron chi connectivity index (χ1n) is 11.9. The predicted molar refractivity (Wildman–Crippen MR) is 132 cm³/mol. The van der Waals surface area contributed by atoms with Crippen molar-refractivity contribution in [2.75, 3.05) is 39.9 Å². The first-order valence-corrected chi connectivity index (χ1v) is 11.9. The number of halogens is 1. The highest BCUT2D eigenvalue weighted by Gasteiger charge is 2.46. The molecule has 7 nitrogen and oxygen atoms in total. The van der Waals surface area contributed by atoms with Gasteiger partial charge in [0, 0.05) is 12.1 Å². The Morgan fingerprint density at radius 2 is 1.74 bits per heavy atom. The number of nitrogens with zero attached hydrogens (tertiary/aromatic N) is 2. The van der Waals surface area contributed by atoms with E-state index in [9.17, 15) is 19.1 Å². The molecule has 35 heavy (non-hydrogen) atoms. The molecule has 188 valence electrons. The molecular weight excluding hydrogens is 451 g/mol. The third-order valence-corrected chi connectivity index (χ3v) is 6.23. The van der Waals surface area contributed by atoms with Gasteiger partial charge in [-0.1, -0.05) is 19.9 Å². The number of Topliss-reactive ketones (excluding diaryl/α,β-unsaturated/α-hetero) is 1. The van der Waals surface area contributed by atoms with Gasteiger partial charge in [-0.15, -0.1) is 0 Å². The Morgan fingerprint density at radius 1 is 1.06 bits per heavy atom. The molecule has 1 amide bonds. The Kier molecular flexibility index (Phi) is 8.87. The van der Waals surface area contributed by atoms with Gasteiger partial charge in [0.25, 0.3) is 11.7 Å². The number of amides is 1. The van der Waals surface area contributed by atoms with Crippen molar-refractivity contribution < 1.29 is 28.6 Å². The molecule has 1 unspecified atom stereocenters. The zero-order valence-electron chi connectivity index (χ0n) is 20.7. The summed E-state index contributed by atoms with van der Waals surface area (Å²) in [6.45, 7) is 9.34. The highest BCUT2D eigenvalue weighted by molar-refractivity contribution is 6.46. The summed E-state index contributed by atoms with van der Waals surface area (Å²) in [5.41, 5.74) is 0.835. The van der Waals surface area contributed by atoms with Crippen molar-refractivity contribution in [3.63, 3.8) is 0 Å². The summed E-state index contributed by atoms with van der Waals surface area (Å²) in [4.78, 5) is 30.0. The minimum Gasteiger partial charge on any atom is -0.507 e. The van der Waals surface area contributed by atoms with E-state index in [0.717, 1.165) is 19.6 Å². The van der Waals surface area contributed by atoms with Gasteiger partial charge in [0.1, 0.15) is 11.6 Å². The van der Waals surface area contributed by atoms with E-state index < -0.39 is 23.5 Å². The van der Waals surface area contributed by atoms with E-state index in [2.05, 4.69) is 18.7 Å². The first kappa shape index (κ1) is 26.2. The number of rotatable bonds is 11. The van der Waals surface area contributed by atoms with Crippen LogP contribution in [0, 0.1) is 5.82 Å². The molecule has 1 saturated heterocycles. The molecule has 1 aliphatic heterocycles. The summed E-state index contributed by atoms with van der Waals surface area (Å²) in [7, 11) is 1.52. The van der Waals surface area contributed by atoms with Crippen LogP contribution in [-0.2, 0) is 9.59 Å². The minimum absolute atomic E-state index is 0.0318. The van der Waals surface area contributed by atoms with Crippen LogP contribution in [0.2, 0.25) is 0 Å². The molecule has 0 aromatic heterocycles. The van der Waals surface area contributed by atoms with E-state index in [1.807, 2.05) is 6.92 Å². The number of ketones is 1. The Bertz CT molecular complexity index is 1080. The molecule has 2 aromatic carbocycles.